The van der Waals surface area contributed by atoms with E-state index >= 15 is 0 Å². The molecule has 2 heterocycles. The van der Waals surface area contributed by atoms with Gasteiger partial charge in [0.2, 0.25) is 5.82 Å². The number of hydrogen-bond acceptors (Lipinski definition) is 8. The average Bonchev–Trinajstić information content (AvgIpc) is 3.32. The summed E-state index contributed by atoms with van der Waals surface area (Å²) in [5.41, 5.74) is 5.08. The second-order valence-electron chi connectivity index (χ2n) is 8.08. The zero-order chi connectivity index (χ0) is 24.2. The summed E-state index contributed by atoms with van der Waals surface area (Å²) in [6.45, 7) is 5.39. The van der Waals surface area contributed by atoms with Crippen molar-refractivity contribution in [2.24, 2.45) is 0 Å². The summed E-state index contributed by atoms with van der Waals surface area (Å²) in [5, 5.41) is 10.2. The molecule has 35 heavy (non-hydrogen) atoms. The summed E-state index contributed by atoms with van der Waals surface area (Å²) < 4.78 is 10.8. The first-order valence-corrected chi connectivity index (χ1v) is 11.9. The number of rotatable bonds is 8. The Morgan fingerprint density at radius 1 is 1.03 bits per heavy atom. The van der Waals surface area contributed by atoms with Crippen molar-refractivity contribution in [3.8, 4) is 28.4 Å². The Balaban J connectivity index is 1.33. The molecule has 3 aromatic carbocycles. The highest BCUT2D eigenvalue weighted by Crippen LogP contribution is 2.33. The summed E-state index contributed by atoms with van der Waals surface area (Å²) >= 11 is 4.10. The molecule has 2 aromatic heterocycles. The van der Waals surface area contributed by atoms with Gasteiger partial charge in [0.15, 0.2) is 0 Å². The maximum atomic E-state index is 5.84. The van der Waals surface area contributed by atoms with E-state index in [9.17, 15) is 0 Å². The number of aryl methyl sites for hydroxylation is 1. The van der Waals surface area contributed by atoms with Crippen molar-refractivity contribution in [3.05, 3.63) is 78.1 Å². The summed E-state index contributed by atoms with van der Waals surface area (Å²) in [7, 11) is 0. The lowest BCUT2D eigenvalue weighted by Gasteiger charge is -2.12. The van der Waals surface area contributed by atoms with Gasteiger partial charge in [0.25, 0.3) is 5.22 Å². The van der Waals surface area contributed by atoms with Crippen LogP contribution in [0.2, 0.25) is 0 Å². The van der Waals surface area contributed by atoms with E-state index in [2.05, 4.69) is 81.4 Å². The quantitative estimate of drug-likeness (QED) is 0.262. The zero-order valence-electron chi connectivity index (χ0n) is 19.5. The van der Waals surface area contributed by atoms with Gasteiger partial charge in [0.05, 0.1) is 17.9 Å². The molecule has 0 aliphatic heterocycles. The van der Waals surface area contributed by atoms with Gasteiger partial charge in [-0.15, -0.1) is 0 Å². The Bertz CT molecular complexity index is 1480. The van der Waals surface area contributed by atoms with Gasteiger partial charge in [-0.2, -0.15) is 4.98 Å². The largest absolute Gasteiger partial charge is 0.493 e. The number of ether oxygens (including phenoxy) is 1. The first kappa shape index (κ1) is 22.9. The zero-order valence-corrected chi connectivity index (χ0v) is 20.4. The fraction of sp³-hybridized carbons (Fsp3) is 0.185. The predicted octanol–water partition coefficient (Wildman–Crippen LogP) is 6.00. The number of hydrogen-bond donors (Lipinski definition) is 2. The molecule has 8 heteroatoms. The smallest absolute Gasteiger partial charge is 0.282 e. The number of thiol groups is 1. The Labute approximate surface area is 209 Å². The summed E-state index contributed by atoms with van der Waals surface area (Å²) in [6.07, 6.45) is 2.47. The molecule has 5 rings (SSSR count). The molecule has 0 saturated heterocycles. The Kier molecular flexibility index (Phi) is 6.63. The maximum Gasteiger partial charge on any atom is 0.282 e. The molecular weight excluding hydrogens is 458 g/mol. The molecule has 0 unspecified atom stereocenters. The van der Waals surface area contributed by atoms with Gasteiger partial charge < -0.3 is 14.6 Å². The van der Waals surface area contributed by atoms with E-state index in [0.29, 0.717) is 18.2 Å². The highest BCUT2D eigenvalue weighted by Gasteiger charge is 2.15. The van der Waals surface area contributed by atoms with E-state index < -0.39 is 0 Å². The minimum absolute atomic E-state index is 0.205. The van der Waals surface area contributed by atoms with Gasteiger partial charge in [-0.05, 0) is 54.3 Å². The van der Waals surface area contributed by atoms with Crippen molar-refractivity contribution in [1.82, 2.24) is 20.1 Å². The van der Waals surface area contributed by atoms with Crippen LogP contribution in [0.5, 0.6) is 5.75 Å². The summed E-state index contributed by atoms with van der Waals surface area (Å²) in [4.78, 5) is 13.1. The van der Waals surface area contributed by atoms with Crippen LogP contribution >= 0.6 is 12.6 Å². The third-order valence-electron chi connectivity index (χ3n) is 5.91. The van der Waals surface area contributed by atoms with Gasteiger partial charge in [-0.3, -0.25) is 0 Å². The molecule has 0 fully saturated rings. The monoisotopic (exact) mass is 483 g/mol. The minimum atomic E-state index is 0.205. The lowest BCUT2D eigenvalue weighted by Crippen LogP contribution is -2.07. The van der Waals surface area contributed by atoms with Crippen LogP contribution in [0.15, 0.2) is 76.7 Å². The Morgan fingerprint density at radius 2 is 1.91 bits per heavy atom. The van der Waals surface area contributed by atoms with Gasteiger partial charge >= 0.3 is 0 Å². The average molecular weight is 484 g/mol. The molecular formula is C27H25N5O2S. The minimum Gasteiger partial charge on any atom is -0.493 e. The molecule has 0 amide bonds. The molecule has 0 aliphatic carbocycles. The third kappa shape index (κ3) is 4.97. The third-order valence-corrected chi connectivity index (χ3v) is 6.09. The van der Waals surface area contributed by atoms with Crippen LogP contribution in [0.1, 0.15) is 18.1 Å². The number of anilines is 1. The second kappa shape index (κ2) is 10.1. The van der Waals surface area contributed by atoms with Gasteiger partial charge in [-0.1, -0.05) is 60.3 Å². The van der Waals surface area contributed by atoms with E-state index in [1.807, 2.05) is 31.2 Å². The predicted molar refractivity (Wildman–Crippen MR) is 140 cm³/mol. The van der Waals surface area contributed by atoms with E-state index in [1.165, 1.54) is 21.9 Å². The van der Waals surface area contributed by atoms with Crippen molar-refractivity contribution < 1.29 is 9.26 Å². The van der Waals surface area contributed by atoms with Crippen molar-refractivity contribution in [1.29, 1.82) is 0 Å². The molecule has 0 spiro atoms. The molecule has 1 N–H and O–H groups in total. The SMILES string of the molecule is CCOc1cc(-c2cc(NCCc3ccc4ccccc4c3C)ncn2)ccc1-c1noc(S)n1. The topological polar surface area (TPSA) is 86.0 Å². The highest BCUT2D eigenvalue weighted by atomic mass is 32.1. The number of nitrogens with one attached hydrogen (secondary N) is 1. The summed E-state index contributed by atoms with van der Waals surface area (Å²) in [6, 6.07) is 20.6. The second-order valence-corrected chi connectivity index (χ2v) is 8.46. The van der Waals surface area contributed by atoms with Gasteiger partial charge in [-0.25, -0.2) is 9.97 Å². The van der Waals surface area contributed by atoms with Crippen LogP contribution in [-0.4, -0.2) is 33.3 Å². The maximum absolute atomic E-state index is 5.84. The number of fused-ring (bicyclic) bond motifs is 1. The lowest BCUT2D eigenvalue weighted by molar-refractivity contribution is 0.337. The van der Waals surface area contributed by atoms with E-state index in [0.717, 1.165) is 35.6 Å². The normalized spacial score (nSPS) is 11.1. The Hall–Kier alpha value is -3.91. The van der Waals surface area contributed by atoms with Crippen LogP contribution in [-0.2, 0) is 6.42 Å². The van der Waals surface area contributed by atoms with Crippen LogP contribution in [0, 0.1) is 6.92 Å². The van der Waals surface area contributed by atoms with Gasteiger partial charge in [0.1, 0.15) is 17.9 Å². The molecule has 0 atom stereocenters. The molecule has 5 aromatic rings. The standard InChI is InChI=1S/C27H25N5O2S/c1-3-33-24-14-20(10-11-22(24)26-31-27(35)34-32-26)23-15-25(30-16-29-23)28-13-12-18-8-9-19-6-4-5-7-21(19)17(18)2/h4-11,14-16H,3,12-13H2,1-2H3,(H,28,29,30)(H,31,32,35). The van der Waals surface area contributed by atoms with Crippen molar-refractivity contribution >= 4 is 29.2 Å². The van der Waals surface area contributed by atoms with Crippen LogP contribution in [0.25, 0.3) is 33.4 Å². The van der Waals surface area contributed by atoms with Crippen molar-refractivity contribution in [3.63, 3.8) is 0 Å². The van der Waals surface area contributed by atoms with E-state index in [1.54, 1.807) is 6.33 Å². The van der Waals surface area contributed by atoms with Crippen molar-refractivity contribution in [2.45, 2.75) is 25.5 Å². The highest BCUT2D eigenvalue weighted by molar-refractivity contribution is 7.80. The fourth-order valence-electron chi connectivity index (χ4n) is 4.15. The van der Waals surface area contributed by atoms with E-state index in [-0.39, 0.29) is 5.22 Å². The first-order chi connectivity index (χ1) is 17.1. The van der Waals surface area contributed by atoms with Gasteiger partial charge in [0, 0.05) is 18.2 Å². The number of nitrogens with zero attached hydrogens (tertiary/aromatic N) is 4. The van der Waals surface area contributed by atoms with E-state index in [4.69, 9.17) is 9.26 Å². The fourth-order valence-corrected chi connectivity index (χ4v) is 4.28. The molecule has 0 radical (unpaired) electrons. The number of benzene rings is 3. The Morgan fingerprint density at radius 3 is 2.74 bits per heavy atom. The molecule has 0 bridgehead atoms. The van der Waals surface area contributed by atoms with Crippen LogP contribution < -0.4 is 10.1 Å². The molecule has 7 nitrogen and oxygen atoms in total. The first-order valence-electron chi connectivity index (χ1n) is 11.5. The van der Waals surface area contributed by atoms with Crippen LogP contribution in [0.3, 0.4) is 0 Å². The van der Waals surface area contributed by atoms with Crippen molar-refractivity contribution in [2.75, 3.05) is 18.5 Å². The number of aromatic nitrogens is 4. The molecule has 0 saturated carbocycles. The molecule has 176 valence electrons. The molecule has 0 aliphatic rings. The van der Waals surface area contributed by atoms with Crippen LogP contribution in [0.4, 0.5) is 5.82 Å². The summed E-state index contributed by atoms with van der Waals surface area (Å²) in [5.74, 6) is 1.85. The lowest BCUT2D eigenvalue weighted by atomic mass is 9.98.